The molecule has 6 nitrogen and oxygen atoms in total. The van der Waals surface area contributed by atoms with E-state index < -0.39 is 11.6 Å². The molecule has 6 rings (SSSR count). The van der Waals surface area contributed by atoms with E-state index in [4.69, 9.17) is 14.8 Å². The standard InChI is InChI=1S/C26H21F2N3O3S/c27-19-4-2-1-3-18(19)26(9-10-26)22-8-7-21-24(30-22)35-23(29-21)17-6-5-15(11-20(17)28)12-31-13-16(14-31)34-25(32)33/h1-8,11,16H,9-10,12-14H2,(H,32,33). The molecule has 0 bridgehead atoms. The van der Waals surface area contributed by atoms with Gasteiger partial charge >= 0.3 is 6.16 Å². The fraction of sp³-hybridized carbons (Fsp3) is 0.269. The number of halogens is 2. The first kappa shape index (κ1) is 22.1. The monoisotopic (exact) mass is 493 g/mol. The number of aromatic nitrogens is 2. The third-order valence-electron chi connectivity index (χ3n) is 6.75. The molecule has 35 heavy (non-hydrogen) atoms. The van der Waals surface area contributed by atoms with Crippen LogP contribution >= 0.6 is 11.3 Å². The van der Waals surface area contributed by atoms with Crippen LogP contribution in [0.4, 0.5) is 13.6 Å². The molecule has 0 unspecified atom stereocenters. The number of carboxylic acid groups (broad SMARTS) is 1. The van der Waals surface area contributed by atoms with Gasteiger partial charge in [-0.15, -0.1) is 0 Å². The van der Waals surface area contributed by atoms with Gasteiger partial charge in [-0.25, -0.2) is 23.5 Å². The number of fused-ring (bicyclic) bond motifs is 1. The molecule has 0 spiro atoms. The number of nitrogens with zero attached hydrogens (tertiary/aromatic N) is 3. The number of benzene rings is 2. The smallest absolute Gasteiger partial charge is 0.450 e. The van der Waals surface area contributed by atoms with Crippen LogP contribution in [0.5, 0.6) is 0 Å². The fourth-order valence-electron chi connectivity index (χ4n) is 4.79. The normalized spacial score (nSPS) is 17.3. The number of ether oxygens (including phenoxy) is 1. The quantitative estimate of drug-likeness (QED) is 0.353. The lowest BCUT2D eigenvalue weighted by Gasteiger charge is -2.37. The van der Waals surface area contributed by atoms with Gasteiger partial charge in [0.25, 0.3) is 0 Å². The van der Waals surface area contributed by atoms with Crippen molar-refractivity contribution in [3.8, 4) is 10.6 Å². The molecule has 3 heterocycles. The first-order valence-electron chi connectivity index (χ1n) is 11.4. The van der Waals surface area contributed by atoms with Crippen molar-refractivity contribution in [3.63, 3.8) is 0 Å². The van der Waals surface area contributed by atoms with Crippen molar-refractivity contribution < 1.29 is 23.4 Å². The number of hydrogen-bond donors (Lipinski definition) is 1. The van der Waals surface area contributed by atoms with Gasteiger partial charge in [-0.3, -0.25) is 4.90 Å². The van der Waals surface area contributed by atoms with E-state index >= 15 is 4.39 Å². The molecule has 0 radical (unpaired) electrons. The molecular formula is C26H21F2N3O3S. The zero-order chi connectivity index (χ0) is 24.2. The maximum Gasteiger partial charge on any atom is 0.506 e. The summed E-state index contributed by atoms with van der Waals surface area (Å²) in [6, 6.07) is 15.7. The Morgan fingerprint density at radius 1 is 1.09 bits per heavy atom. The molecule has 2 aromatic heterocycles. The van der Waals surface area contributed by atoms with Crippen LogP contribution < -0.4 is 0 Å². The van der Waals surface area contributed by atoms with Crippen LogP contribution in [0.2, 0.25) is 0 Å². The Morgan fingerprint density at radius 3 is 2.60 bits per heavy atom. The largest absolute Gasteiger partial charge is 0.506 e. The van der Waals surface area contributed by atoms with E-state index in [1.165, 1.54) is 23.5 Å². The SMILES string of the molecule is O=C(O)OC1CN(Cc2ccc(-c3nc4ccc(C5(c6ccccc6F)CC5)nc4s3)c(F)c2)C1. The predicted octanol–water partition coefficient (Wildman–Crippen LogP) is 5.60. The maximum atomic E-state index is 15.0. The van der Waals surface area contributed by atoms with Crippen LogP contribution in [0.25, 0.3) is 20.9 Å². The van der Waals surface area contributed by atoms with E-state index in [0.29, 0.717) is 46.1 Å². The number of hydrogen-bond acceptors (Lipinski definition) is 6. The minimum Gasteiger partial charge on any atom is -0.450 e. The molecule has 0 atom stereocenters. The lowest BCUT2D eigenvalue weighted by Crippen LogP contribution is -2.52. The average molecular weight is 494 g/mol. The van der Waals surface area contributed by atoms with Crippen LogP contribution in [0.15, 0.2) is 54.6 Å². The third-order valence-corrected chi connectivity index (χ3v) is 7.74. The van der Waals surface area contributed by atoms with Crippen molar-refractivity contribution in [2.75, 3.05) is 13.1 Å². The zero-order valence-corrected chi connectivity index (χ0v) is 19.4. The first-order valence-corrected chi connectivity index (χ1v) is 12.2. The van der Waals surface area contributed by atoms with E-state index in [9.17, 15) is 9.18 Å². The summed E-state index contributed by atoms with van der Waals surface area (Å²) < 4.78 is 34.2. The van der Waals surface area contributed by atoms with E-state index in [2.05, 4.69) is 4.98 Å². The highest BCUT2D eigenvalue weighted by atomic mass is 32.1. The van der Waals surface area contributed by atoms with E-state index in [-0.39, 0.29) is 17.7 Å². The Bertz CT molecular complexity index is 1450. The van der Waals surface area contributed by atoms with E-state index in [0.717, 1.165) is 24.1 Å². The summed E-state index contributed by atoms with van der Waals surface area (Å²) in [5, 5.41) is 9.20. The molecule has 2 fully saturated rings. The molecule has 1 aliphatic carbocycles. The van der Waals surface area contributed by atoms with Crippen molar-refractivity contribution in [1.29, 1.82) is 0 Å². The summed E-state index contributed by atoms with van der Waals surface area (Å²) in [4.78, 5) is 22.7. The summed E-state index contributed by atoms with van der Waals surface area (Å²) >= 11 is 1.32. The van der Waals surface area contributed by atoms with Crippen LogP contribution in [0.1, 0.15) is 29.7 Å². The summed E-state index contributed by atoms with van der Waals surface area (Å²) in [7, 11) is 0. The second-order valence-electron chi connectivity index (χ2n) is 9.12. The first-order chi connectivity index (χ1) is 16.9. The summed E-state index contributed by atoms with van der Waals surface area (Å²) in [5.74, 6) is -0.590. The average Bonchev–Trinajstić information content (AvgIpc) is 3.50. The second kappa shape index (κ2) is 8.35. The number of rotatable bonds is 6. The van der Waals surface area contributed by atoms with Crippen LogP contribution in [0, 0.1) is 11.6 Å². The van der Waals surface area contributed by atoms with Crippen LogP contribution in [-0.2, 0) is 16.7 Å². The van der Waals surface area contributed by atoms with Crippen molar-refractivity contribution in [3.05, 3.63) is 83.1 Å². The number of likely N-dealkylation sites (tertiary alicyclic amines) is 1. The Hall–Kier alpha value is -3.43. The highest BCUT2D eigenvalue weighted by Gasteiger charge is 2.48. The maximum absolute atomic E-state index is 15.0. The van der Waals surface area contributed by atoms with Crippen molar-refractivity contribution in [2.45, 2.75) is 30.9 Å². The fourth-order valence-corrected chi connectivity index (χ4v) is 5.76. The molecule has 1 saturated heterocycles. The number of thiazole rings is 1. The van der Waals surface area contributed by atoms with Gasteiger partial charge in [-0.1, -0.05) is 35.6 Å². The number of pyridine rings is 1. The van der Waals surface area contributed by atoms with Gasteiger partial charge in [0.05, 0.1) is 5.69 Å². The molecule has 2 aromatic carbocycles. The number of carbonyl (C=O) groups is 1. The summed E-state index contributed by atoms with van der Waals surface area (Å²) in [6.07, 6.45) is 0.0786. The van der Waals surface area contributed by atoms with Gasteiger partial charge < -0.3 is 9.84 Å². The van der Waals surface area contributed by atoms with Crippen molar-refractivity contribution in [1.82, 2.24) is 14.9 Å². The Labute approximate surface area is 203 Å². The highest BCUT2D eigenvalue weighted by molar-refractivity contribution is 7.21. The molecule has 178 valence electrons. The molecule has 0 amide bonds. The van der Waals surface area contributed by atoms with Gasteiger partial charge in [0.1, 0.15) is 33.1 Å². The topological polar surface area (TPSA) is 75.6 Å². The van der Waals surface area contributed by atoms with Crippen LogP contribution in [-0.4, -0.2) is 45.3 Å². The molecule has 1 N–H and O–H groups in total. The molecule has 9 heteroatoms. The van der Waals surface area contributed by atoms with E-state index in [1.54, 1.807) is 12.1 Å². The molecule has 1 saturated carbocycles. The lowest BCUT2D eigenvalue weighted by atomic mass is 9.91. The van der Waals surface area contributed by atoms with Gasteiger partial charge in [0, 0.05) is 30.6 Å². The van der Waals surface area contributed by atoms with Gasteiger partial charge in [0.2, 0.25) is 0 Å². The van der Waals surface area contributed by atoms with E-state index in [1.807, 2.05) is 35.2 Å². The molecule has 4 aromatic rings. The molecular weight excluding hydrogens is 472 g/mol. The molecule has 2 aliphatic rings. The minimum atomic E-state index is -1.28. The van der Waals surface area contributed by atoms with Gasteiger partial charge in [-0.2, -0.15) is 0 Å². The minimum absolute atomic E-state index is 0.220. The Morgan fingerprint density at radius 2 is 1.89 bits per heavy atom. The lowest BCUT2D eigenvalue weighted by molar-refractivity contribution is -0.0363. The van der Waals surface area contributed by atoms with Crippen molar-refractivity contribution in [2.24, 2.45) is 0 Å². The highest BCUT2D eigenvalue weighted by Crippen LogP contribution is 2.53. The Balaban J connectivity index is 1.22. The van der Waals surface area contributed by atoms with Crippen LogP contribution in [0.3, 0.4) is 0 Å². The van der Waals surface area contributed by atoms with Gasteiger partial charge in [0.15, 0.2) is 0 Å². The third kappa shape index (κ3) is 4.04. The summed E-state index contributed by atoms with van der Waals surface area (Å²) in [6.45, 7) is 1.51. The molecule has 1 aliphatic heterocycles. The predicted molar refractivity (Wildman–Crippen MR) is 127 cm³/mol. The van der Waals surface area contributed by atoms with Crippen molar-refractivity contribution >= 4 is 27.8 Å². The second-order valence-corrected chi connectivity index (χ2v) is 10.1. The zero-order valence-electron chi connectivity index (χ0n) is 18.6. The Kier molecular flexibility index (Phi) is 5.26. The summed E-state index contributed by atoms with van der Waals surface area (Å²) in [5.41, 5.74) is 2.97. The van der Waals surface area contributed by atoms with Gasteiger partial charge in [-0.05, 0) is 54.3 Å².